The van der Waals surface area contributed by atoms with Crippen molar-refractivity contribution in [1.29, 1.82) is 0 Å². The van der Waals surface area contributed by atoms with E-state index in [1.807, 2.05) is 0 Å². The summed E-state index contributed by atoms with van der Waals surface area (Å²) >= 11 is 0. The Labute approximate surface area is 105 Å². The Bertz CT molecular complexity index is 225. The second-order valence-electron chi connectivity index (χ2n) is 5.38. The summed E-state index contributed by atoms with van der Waals surface area (Å²) in [6.45, 7) is 10.3. The molecule has 1 N–H and O–H groups in total. The summed E-state index contributed by atoms with van der Waals surface area (Å²) in [5.74, 6) is 0. The van der Waals surface area contributed by atoms with Crippen LogP contribution in [0.1, 0.15) is 19.8 Å². The number of ether oxygens (including phenoxy) is 1. The van der Waals surface area contributed by atoms with Gasteiger partial charge in [-0.05, 0) is 26.3 Å². The smallest absolute Gasteiger partial charge is 0.0587 e. The van der Waals surface area contributed by atoms with Crippen LogP contribution in [0.3, 0.4) is 0 Å². The van der Waals surface area contributed by atoms with Crippen LogP contribution >= 0.6 is 0 Å². The van der Waals surface area contributed by atoms with Crippen LogP contribution in [-0.4, -0.2) is 74.9 Å². The lowest BCUT2D eigenvalue weighted by Crippen LogP contribution is -2.56. The van der Waals surface area contributed by atoms with Gasteiger partial charge in [-0.3, -0.25) is 9.80 Å². The lowest BCUT2D eigenvalue weighted by molar-refractivity contribution is 0.0600. The molecule has 2 fully saturated rings. The Morgan fingerprint density at radius 1 is 1.29 bits per heavy atom. The number of fused-ring (bicyclic) bond motifs is 1. The van der Waals surface area contributed by atoms with E-state index >= 15 is 0 Å². The van der Waals surface area contributed by atoms with E-state index in [0.29, 0.717) is 6.04 Å². The summed E-state index contributed by atoms with van der Waals surface area (Å²) in [5, 5.41) is 3.43. The lowest BCUT2D eigenvalue weighted by Gasteiger charge is -2.42. The minimum Gasteiger partial charge on any atom is -0.383 e. The van der Waals surface area contributed by atoms with Crippen LogP contribution in [0.2, 0.25) is 0 Å². The fourth-order valence-electron chi connectivity index (χ4n) is 3.08. The lowest BCUT2D eigenvalue weighted by atomic mass is 10.1. The van der Waals surface area contributed by atoms with Gasteiger partial charge >= 0.3 is 0 Å². The van der Waals surface area contributed by atoms with Gasteiger partial charge in [0.2, 0.25) is 0 Å². The number of methoxy groups -OCH3 is 1. The van der Waals surface area contributed by atoms with E-state index in [0.717, 1.165) is 25.7 Å². The topological polar surface area (TPSA) is 27.7 Å². The minimum absolute atomic E-state index is 0.716. The predicted molar refractivity (Wildman–Crippen MR) is 70.4 cm³/mol. The first-order valence-corrected chi connectivity index (χ1v) is 6.99. The SMILES string of the molecule is COCCNCCN1CC2CCCN2CC1C. The Hall–Kier alpha value is -0.160. The second-order valence-corrected chi connectivity index (χ2v) is 5.38. The molecule has 0 aliphatic carbocycles. The van der Waals surface area contributed by atoms with E-state index in [-0.39, 0.29) is 0 Å². The number of hydrogen-bond acceptors (Lipinski definition) is 4. The van der Waals surface area contributed by atoms with Gasteiger partial charge in [0, 0.05) is 51.9 Å². The molecule has 2 atom stereocenters. The van der Waals surface area contributed by atoms with Crippen molar-refractivity contribution in [2.24, 2.45) is 0 Å². The standard InChI is InChI=1S/C13H27N3O/c1-12-10-16-7-3-4-13(16)11-15(12)8-5-14-6-9-17-2/h12-14H,3-11H2,1-2H3. The quantitative estimate of drug-likeness (QED) is 0.681. The summed E-state index contributed by atoms with van der Waals surface area (Å²) in [7, 11) is 1.75. The first kappa shape index (κ1) is 13.3. The molecule has 17 heavy (non-hydrogen) atoms. The minimum atomic E-state index is 0.716. The predicted octanol–water partition coefficient (Wildman–Crippen LogP) is 0.391. The molecule has 0 radical (unpaired) electrons. The summed E-state index contributed by atoms with van der Waals surface area (Å²) in [4.78, 5) is 5.33. The highest BCUT2D eigenvalue weighted by Gasteiger charge is 2.33. The van der Waals surface area contributed by atoms with E-state index in [1.54, 1.807) is 7.11 Å². The van der Waals surface area contributed by atoms with Gasteiger partial charge in [-0.1, -0.05) is 0 Å². The van der Waals surface area contributed by atoms with Crippen molar-refractivity contribution in [3.63, 3.8) is 0 Å². The van der Waals surface area contributed by atoms with Gasteiger partial charge in [-0.2, -0.15) is 0 Å². The summed E-state index contributed by atoms with van der Waals surface area (Å²) < 4.78 is 5.03. The third-order valence-corrected chi connectivity index (χ3v) is 4.13. The van der Waals surface area contributed by atoms with Crippen molar-refractivity contribution >= 4 is 0 Å². The molecule has 2 saturated heterocycles. The molecule has 100 valence electrons. The van der Waals surface area contributed by atoms with Crippen LogP contribution < -0.4 is 5.32 Å². The molecule has 0 spiro atoms. The van der Waals surface area contributed by atoms with E-state index in [9.17, 15) is 0 Å². The van der Waals surface area contributed by atoms with Gasteiger partial charge in [-0.25, -0.2) is 0 Å². The number of nitrogens with one attached hydrogen (secondary N) is 1. The fraction of sp³-hybridized carbons (Fsp3) is 1.00. The molecule has 2 unspecified atom stereocenters. The fourth-order valence-corrected chi connectivity index (χ4v) is 3.08. The molecule has 0 aromatic heterocycles. The van der Waals surface area contributed by atoms with Gasteiger partial charge in [-0.15, -0.1) is 0 Å². The van der Waals surface area contributed by atoms with Crippen molar-refractivity contribution in [3.8, 4) is 0 Å². The molecule has 4 nitrogen and oxygen atoms in total. The van der Waals surface area contributed by atoms with Crippen molar-refractivity contribution in [1.82, 2.24) is 15.1 Å². The third-order valence-electron chi connectivity index (χ3n) is 4.13. The Kier molecular flexibility index (Phi) is 5.22. The first-order valence-electron chi connectivity index (χ1n) is 6.99. The second kappa shape index (κ2) is 6.69. The highest BCUT2D eigenvalue weighted by molar-refractivity contribution is 4.90. The summed E-state index contributed by atoms with van der Waals surface area (Å²) in [6, 6.07) is 1.55. The molecule has 2 aliphatic rings. The van der Waals surface area contributed by atoms with E-state index in [1.165, 1.54) is 39.0 Å². The van der Waals surface area contributed by atoms with E-state index in [4.69, 9.17) is 4.74 Å². The Morgan fingerprint density at radius 2 is 2.18 bits per heavy atom. The van der Waals surface area contributed by atoms with Crippen molar-refractivity contribution < 1.29 is 4.74 Å². The summed E-state index contributed by atoms with van der Waals surface area (Å²) in [6.07, 6.45) is 2.80. The number of rotatable bonds is 6. The molecule has 0 saturated carbocycles. The van der Waals surface area contributed by atoms with Crippen LogP contribution in [0, 0.1) is 0 Å². The van der Waals surface area contributed by atoms with E-state index < -0.39 is 0 Å². The van der Waals surface area contributed by atoms with Crippen LogP contribution in [0.5, 0.6) is 0 Å². The van der Waals surface area contributed by atoms with Crippen LogP contribution in [-0.2, 0) is 4.74 Å². The molecule has 0 amide bonds. The molecule has 2 aliphatic heterocycles. The highest BCUT2D eigenvalue weighted by Crippen LogP contribution is 2.23. The van der Waals surface area contributed by atoms with Crippen LogP contribution in [0.4, 0.5) is 0 Å². The molecule has 0 aromatic rings. The van der Waals surface area contributed by atoms with Gasteiger partial charge in [0.1, 0.15) is 0 Å². The molecular formula is C13H27N3O. The Balaban J connectivity index is 1.66. The largest absolute Gasteiger partial charge is 0.383 e. The maximum atomic E-state index is 5.03. The number of nitrogens with zero attached hydrogens (tertiary/aromatic N) is 2. The zero-order chi connectivity index (χ0) is 12.1. The molecular weight excluding hydrogens is 214 g/mol. The maximum absolute atomic E-state index is 5.03. The average Bonchev–Trinajstić information content (AvgIpc) is 2.76. The van der Waals surface area contributed by atoms with Crippen LogP contribution in [0.25, 0.3) is 0 Å². The van der Waals surface area contributed by atoms with Crippen molar-refractivity contribution in [2.75, 3.05) is 53.0 Å². The highest BCUT2D eigenvalue weighted by atomic mass is 16.5. The number of hydrogen-bond donors (Lipinski definition) is 1. The molecule has 0 bridgehead atoms. The van der Waals surface area contributed by atoms with Gasteiger partial charge in [0.25, 0.3) is 0 Å². The van der Waals surface area contributed by atoms with Crippen molar-refractivity contribution in [2.45, 2.75) is 31.8 Å². The van der Waals surface area contributed by atoms with E-state index in [2.05, 4.69) is 22.0 Å². The Morgan fingerprint density at radius 3 is 3.00 bits per heavy atom. The normalized spacial score (nSPS) is 30.7. The monoisotopic (exact) mass is 241 g/mol. The molecule has 0 aromatic carbocycles. The van der Waals surface area contributed by atoms with Gasteiger partial charge in [0.05, 0.1) is 6.61 Å². The third kappa shape index (κ3) is 3.65. The van der Waals surface area contributed by atoms with Crippen LogP contribution in [0.15, 0.2) is 0 Å². The zero-order valence-electron chi connectivity index (χ0n) is 11.3. The number of piperazine rings is 1. The van der Waals surface area contributed by atoms with Gasteiger partial charge < -0.3 is 10.1 Å². The molecule has 2 heterocycles. The molecule has 2 rings (SSSR count). The first-order chi connectivity index (χ1) is 8.31. The van der Waals surface area contributed by atoms with Crippen molar-refractivity contribution in [3.05, 3.63) is 0 Å². The maximum Gasteiger partial charge on any atom is 0.0587 e. The molecule has 4 heteroatoms. The average molecular weight is 241 g/mol. The summed E-state index contributed by atoms with van der Waals surface area (Å²) in [5.41, 5.74) is 0. The van der Waals surface area contributed by atoms with Gasteiger partial charge in [0.15, 0.2) is 0 Å². The zero-order valence-corrected chi connectivity index (χ0v) is 11.3.